The van der Waals surface area contributed by atoms with E-state index in [4.69, 9.17) is 8.95 Å². The van der Waals surface area contributed by atoms with Gasteiger partial charge in [0.25, 0.3) is 0 Å². The molecule has 0 N–H and O–H groups in total. The molecule has 2 atom stereocenters. The summed E-state index contributed by atoms with van der Waals surface area (Å²) in [6.07, 6.45) is 8.87. The molecule has 128 valence electrons. The van der Waals surface area contributed by atoms with Crippen LogP contribution < -0.4 is 0 Å². The van der Waals surface area contributed by atoms with Crippen LogP contribution in [0.3, 0.4) is 0 Å². The first kappa shape index (κ1) is 20.0. The van der Waals surface area contributed by atoms with Gasteiger partial charge in [-0.25, -0.2) is 0 Å². The highest BCUT2D eigenvalue weighted by atomic mass is 31.1. The van der Waals surface area contributed by atoms with Gasteiger partial charge in [0.15, 0.2) is 14.5 Å². The first-order chi connectivity index (χ1) is 10.2. The first-order valence-electron chi connectivity index (χ1n) is 8.60. The molecule has 0 fully saturated rings. The topological polar surface area (TPSA) is 35.5 Å². The van der Waals surface area contributed by atoms with Crippen LogP contribution in [0.2, 0.25) is 18.1 Å². The molecule has 0 aromatic carbocycles. The maximum Gasteiger partial charge on any atom is 0.508 e. The van der Waals surface area contributed by atoms with Gasteiger partial charge in [-0.1, -0.05) is 32.4 Å². The van der Waals surface area contributed by atoms with Crippen LogP contribution in [-0.4, -0.2) is 27.2 Å². The Morgan fingerprint density at radius 3 is 2.59 bits per heavy atom. The summed E-state index contributed by atoms with van der Waals surface area (Å²) in [5, 5.41) is 0.272. The fourth-order valence-corrected chi connectivity index (χ4v) is 4.61. The van der Waals surface area contributed by atoms with Crippen molar-refractivity contribution in [2.24, 2.45) is 0 Å². The van der Waals surface area contributed by atoms with Gasteiger partial charge in [0.2, 0.25) is 0 Å². The van der Waals surface area contributed by atoms with Gasteiger partial charge in [0.05, 0.1) is 12.7 Å². The molecule has 0 radical (unpaired) electrons. The average Bonchev–Trinajstić information content (AvgIpc) is 2.80. The predicted molar refractivity (Wildman–Crippen MR) is 97.3 cm³/mol. The molecular weight excluding hydrogens is 311 g/mol. The maximum atomic E-state index is 11.4. The van der Waals surface area contributed by atoms with Crippen molar-refractivity contribution in [3.63, 3.8) is 0 Å². The first-order valence-corrected chi connectivity index (χ1v) is 12.9. The maximum absolute atomic E-state index is 11.4. The lowest BCUT2D eigenvalue weighted by molar-refractivity contribution is 0.224. The number of hydrogen-bond acceptors (Lipinski definition) is 3. The Hall–Kier alpha value is -0.0231. The van der Waals surface area contributed by atoms with Crippen LogP contribution in [0.15, 0.2) is 11.6 Å². The fraction of sp³-hybridized carbons (Fsp3) is 0.882. The summed E-state index contributed by atoms with van der Waals surface area (Å²) in [5.74, 6) is 0. The van der Waals surface area contributed by atoms with Crippen molar-refractivity contribution in [2.75, 3.05) is 12.8 Å². The molecule has 1 aliphatic rings. The largest absolute Gasteiger partial charge is 0.508 e. The predicted octanol–water partition coefficient (Wildman–Crippen LogP) is 6.05. The second kappa shape index (κ2) is 8.72. The normalized spacial score (nSPS) is 20.2. The van der Waals surface area contributed by atoms with Gasteiger partial charge in [-0.3, -0.25) is 0 Å². The highest BCUT2D eigenvalue weighted by Gasteiger charge is 2.39. The van der Waals surface area contributed by atoms with Crippen LogP contribution in [0.1, 0.15) is 59.8 Å². The lowest BCUT2D eigenvalue weighted by Crippen LogP contribution is -2.43. The van der Waals surface area contributed by atoms with E-state index in [0.717, 1.165) is 32.1 Å². The molecule has 2 unspecified atom stereocenters. The van der Waals surface area contributed by atoms with Crippen molar-refractivity contribution in [3.05, 3.63) is 11.6 Å². The second-order valence-electron chi connectivity index (χ2n) is 7.71. The minimum Gasteiger partial charge on any atom is -0.411 e. The Morgan fingerprint density at radius 2 is 2.00 bits per heavy atom. The molecule has 3 nitrogen and oxygen atoms in total. The third-order valence-corrected chi connectivity index (χ3v) is 10.5. The summed E-state index contributed by atoms with van der Waals surface area (Å²) >= 11 is 0. The van der Waals surface area contributed by atoms with Crippen molar-refractivity contribution in [2.45, 2.75) is 84.0 Å². The van der Waals surface area contributed by atoms with E-state index in [2.05, 4.69) is 39.9 Å². The molecule has 0 amide bonds. The summed E-state index contributed by atoms with van der Waals surface area (Å²) in [5.41, 5.74) is 1.52. The lowest BCUT2D eigenvalue weighted by atomic mass is 10.1. The smallest absolute Gasteiger partial charge is 0.411 e. The van der Waals surface area contributed by atoms with E-state index in [-0.39, 0.29) is 5.04 Å². The zero-order chi connectivity index (χ0) is 16.8. The monoisotopic (exact) mass is 345 g/mol. The van der Waals surface area contributed by atoms with Crippen molar-refractivity contribution in [1.29, 1.82) is 0 Å². The summed E-state index contributed by atoms with van der Waals surface area (Å²) in [7, 11) is -3.10. The lowest BCUT2D eigenvalue weighted by Gasteiger charge is -2.38. The molecule has 1 aliphatic carbocycles. The molecular formula is C17H34O3PSi+. The second-order valence-corrected chi connectivity index (χ2v) is 13.8. The van der Waals surface area contributed by atoms with Crippen LogP contribution in [0.5, 0.6) is 0 Å². The van der Waals surface area contributed by atoms with E-state index in [0.29, 0.717) is 18.9 Å². The van der Waals surface area contributed by atoms with Crippen LogP contribution in [0.4, 0.5) is 0 Å². The molecule has 0 aliphatic heterocycles. The summed E-state index contributed by atoms with van der Waals surface area (Å²) in [6.45, 7) is 14.0. The van der Waals surface area contributed by atoms with Crippen molar-refractivity contribution >= 4 is 16.3 Å². The van der Waals surface area contributed by atoms with Crippen molar-refractivity contribution in [1.82, 2.24) is 0 Å². The van der Waals surface area contributed by atoms with E-state index in [9.17, 15) is 4.57 Å². The molecule has 0 spiro atoms. The van der Waals surface area contributed by atoms with E-state index in [1.165, 1.54) is 5.57 Å². The Kier molecular flexibility index (Phi) is 7.94. The zero-order valence-electron chi connectivity index (χ0n) is 15.3. The third kappa shape index (κ3) is 6.62. The average molecular weight is 346 g/mol. The standard InChI is InChI=1S/C17H34O3PSi/c1-7-19-21(18)13-9-8-10-15-11-12-16(14-15)20-22(5,6)17(2,3)4/h14,16H,7-13H2,1-6H3/q+1. The Balaban J connectivity index is 2.32. The van der Waals surface area contributed by atoms with E-state index >= 15 is 0 Å². The highest BCUT2D eigenvalue weighted by molar-refractivity contribution is 7.39. The quantitative estimate of drug-likeness (QED) is 0.221. The minimum absolute atomic E-state index is 0.272. The highest BCUT2D eigenvalue weighted by Crippen LogP contribution is 2.39. The van der Waals surface area contributed by atoms with E-state index in [1.54, 1.807) is 0 Å². The number of allylic oxidation sites excluding steroid dienone is 1. The van der Waals surface area contributed by atoms with Crippen molar-refractivity contribution < 1.29 is 13.5 Å². The SMILES string of the molecule is CCO[P+](=O)CCCCC1=CC(O[Si](C)(C)C(C)(C)C)CC1. The zero-order valence-corrected chi connectivity index (χ0v) is 17.2. The Labute approximate surface area is 138 Å². The van der Waals surface area contributed by atoms with Gasteiger partial charge in [-0.05, 0) is 61.7 Å². The van der Waals surface area contributed by atoms with Gasteiger partial charge >= 0.3 is 8.03 Å². The van der Waals surface area contributed by atoms with Gasteiger partial charge in [0.1, 0.15) is 0 Å². The molecule has 0 aromatic rings. The molecule has 22 heavy (non-hydrogen) atoms. The molecule has 0 heterocycles. The fourth-order valence-electron chi connectivity index (χ4n) is 2.42. The Morgan fingerprint density at radius 1 is 1.32 bits per heavy atom. The van der Waals surface area contributed by atoms with Crippen molar-refractivity contribution in [3.8, 4) is 0 Å². The summed E-state index contributed by atoms with van der Waals surface area (Å²) in [6, 6.07) is 0. The van der Waals surface area contributed by atoms with Gasteiger partial charge < -0.3 is 4.43 Å². The van der Waals surface area contributed by atoms with Gasteiger partial charge in [-0.2, -0.15) is 0 Å². The summed E-state index contributed by atoms with van der Waals surface area (Å²) in [4.78, 5) is 0. The third-order valence-electron chi connectivity index (χ3n) is 4.79. The molecule has 0 saturated heterocycles. The summed E-state index contributed by atoms with van der Waals surface area (Å²) < 4.78 is 23.0. The van der Waals surface area contributed by atoms with Crippen LogP contribution >= 0.6 is 8.03 Å². The molecule has 0 saturated carbocycles. The van der Waals surface area contributed by atoms with Gasteiger partial charge in [0, 0.05) is 0 Å². The van der Waals surface area contributed by atoms with Crippen LogP contribution in [-0.2, 0) is 13.5 Å². The molecule has 0 bridgehead atoms. The minimum atomic E-state index is -1.66. The Bertz CT molecular complexity index is 399. The molecule has 1 rings (SSSR count). The van der Waals surface area contributed by atoms with E-state index < -0.39 is 16.3 Å². The van der Waals surface area contributed by atoms with Crippen LogP contribution in [0, 0.1) is 0 Å². The van der Waals surface area contributed by atoms with Crippen LogP contribution in [0.25, 0.3) is 0 Å². The van der Waals surface area contributed by atoms with E-state index in [1.807, 2.05) is 6.92 Å². The number of hydrogen-bond donors (Lipinski definition) is 0. The molecule has 5 heteroatoms. The number of unbranched alkanes of at least 4 members (excludes halogenated alkanes) is 1. The van der Waals surface area contributed by atoms with Gasteiger partial charge in [-0.15, -0.1) is 4.52 Å². The molecule has 0 aromatic heterocycles. The number of rotatable bonds is 9.